The van der Waals surface area contributed by atoms with Crippen LogP contribution in [0.25, 0.3) is 0 Å². The number of nitrogens with zero attached hydrogens (tertiary/aromatic N) is 2. The zero-order chi connectivity index (χ0) is 18.3. The second-order valence-corrected chi connectivity index (χ2v) is 7.22. The first-order chi connectivity index (χ1) is 13.3. The summed E-state index contributed by atoms with van der Waals surface area (Å²) in [6, 6.07) is 18.9. The Bertz CT molecular complexity index is 895. The average Bonchev–Trinajstić information content (AvgIpc) is 3.36. The smallest absolute Gasteiger partial charge is 0.0630 e. The molecule has 0 atom stereocenters. The van der Waals surface area contributed by atoms with E-state index in [1.807, 2.05) is 42.8 Å². The van der Waals surface area contributed by atoms with Crippen LogP contribution >= 0.6 is 0 Å². The summed E-state index contributed by atoms with van der Waals surface area (Å²) in [6.45, 7) is 0. The first-order valence-electron chi connectivity index (χ1n) is 9.83. The zero-order valence-electron chi connectivity index (χ0n) is 15.6. The van der Waals surface area contributed by atoms with E-state index >= 15 is 0 Å². The molecule has 0 radical (unpaired) electrons. The summed E-state index contributed by atoms with van der Waals surface area (Å²) in [5, 5.41) is 0. The molecular formula is C23H26N4. The van der Waals surface area contributed by atoms with Gasteiger partial charge in [0.1, 0.15) is 0 Å². The van der Waals surface area contributed by atoms with Crippen molar-refractivity contribution in [2.45, 2.75) is 44.6 Å². The van der Waals surface area contributed by atoms with Crippen molar-refractivity contribution < 1.29 is 0 Å². The number of hydrogen-bond acceptors (Lipinski definition) is 2. The molecule has 4 nitrogen and oxygen atoms in total. The van der Waals surface area contributed by atoms with Gasteiger partial charge in [-0.3, -0.25) is 9.98 Å². The van der Waals surface area contributed by atoms with Crippen LogP contribution in [0.5, 0.6) is 0 Å². The molecule has 1 saturated carbocycles. The van der Waals surface area contributed by atoms with Crippen molar-refractivity contribution in [3.63, 3.8) is 0 Å². The van der Waals surface area contributed by atoms with Gasteiger partial charge < -0.3 is 9.97 Å². The minimum Gasteiger partial charge on any atom is -0.357 e. The van der Waals surface area contributed by atoms with Crippen LogP contribution in [0.15, 0.2) is 64.6 Å². The van der Waals surface area contributed by atoms with Crippen molar-refractivity contribution >= 4 is 18.1 Å². The first-order valence-corrected chi connectivity index (χ1v) is 9.83. The normalized spacial score (nSPS) is 15.9. The highest BCUT2D eigenvalue weighted by atomic mass is 14.8. The van der Waals surface area contributed by atoms with E-state index in [1.54, 1.807) is 0 Å². The van der Waals surface area contributed by atoms with E-state index in [2.05, 4.69) is 39.2 Å². The molecule has 0 spiro atoms. The third-order valence-corrected chi connectivity index (χ3v) is 5.03. The highest BCUT2D eigenvalue weighted by Gasteiger charge is 2.10. The van der Waals surface area contributed by atoms with E-state index < -0.39 is 0 Å². The minimum atomic E-state index is 0.514. The van der Waals surface area contributed by atoms with Crippen LogP contribution in [0.1, 0.15) is 54.9 Å². The topological polar surface area (TPSA) is 56.3 Å². The predicted octanol–water partition coefficient (Wildman–Crippen LogP) is 5.44. The van der Waals surface area contributed by atoms with Gasteiger partial charge in [-0.15, -0.1) is 0 Å². The van der Waals surface area contributed by atoms with Crippen LogP contribution in [-0.2, 0) is 6.42 Å². The first kappa shape index (κ1) is 17.5. The van der Waals surface area contributed by atoms with Crippen molar-refractivity contribution in [3.8, 4) is 0 Å². The number of para-hydroxylation sites is 1. The van der Waals surface area contributed by atoms with Gasteiger partial charge in [0.25, 0.3) is 0 Å². The Hall–Kier alpha value is -2.88. The Labute approximate surface area is 160 Å². The second-order valence-electron chi connectivity index (χ2n) is 7.22. The SMILES string of the molecule is C(=Nc1ccccc1)c1ccc(Cc2ccc(C=NC3CCCCC3)[nH]2)[nH]1. The van der Waals surface area contributed by atoms with Gasteiger partial charge >= 0.3 is 0 Å². The highest BCUT2D eigenvalue weighted by molar-refractivity contribution is 5.80. The molecule has 1 aromatic carbocycles. The Morgan fingerprint density at radius 3 is 2.15 bits per heavy atom. The van der Waals surface area contributed by atoms with Gasteiger partial charge in [-0.25, -0.2) is 0 Å². The maximum Gasteiger partial charge on any atom is 0.0630 e. The molecule has 138 valence electrons. The summed E-state index contributed by atoms with van der Waals surface area (Å²) < 4.78 is 0. The van der Waals surface area contributed by atoms with Crippen molar-refractivity contribution in [3.05, 3.63) is 77.4 Å². The number of aliphatic imine (C=N–C) groups is 2. The highest BCUT2D eigenvalue weighted by Crippen LogP contribution is 2.20. The minimum absolute atomic E-state index is 0.514. The van der Waals surface area contributed by atoms with Gasteiger partial charge in [0.05, 0.1) is 29.3 Å². The summed E-state index contributed by atoms with van der Waals surface area (Å²) >= 11 is 0. The number of nitrogens with one attached hydrogen (secondary N) is 2. The molecule has 4 heteroatoms. The molecule has 1 aliphatic rings. The number of rotatable bonds is 6. The van der Waals surface area contributed by atoms with Gasteiger partial charge in [-0.1, -0.05) is 37.5 Å². The molecule has 0 aliphatic heterocycles. The molecular weight excluding hydrogens is 332 g/mol. The Morgan fingerprint density at radius 2 is 1.44 bits per heavy atom. The van der Waals surface area contributed by atoms with Crippen molar-refractivity contribution in [1.82, 2.24) is 9.97 Å². The summed E-state index contributed by atoms with van der Waals surface area (Å²) in [4.78, 5) is 16.1. The maximum atomic E-state index is 4.75. The molecule has 0 unspecified atom stereocenters. The van der Waals surface area contributed by atoms with Gasteiger partial charge in [0, 0.05) is 24.0 Å². The number of benzene rings is 1. The number of aromatic nitrogens is 2. The molecule has 0 saturated heterocycles. The Balaban J connectivity index is 1.34. The van der Waals surface area contributed by atoms with Crippen molar-refractivity contribution in [2.24, 2.45) is 9.98 Å². The van der Waals surface area contributed by atoms with Crippen LogP contribution < -0.4 is 0 Å². The zero-order valence-corrected chi connectivity index (χ0v) is 15.6. The molecule has 2 N–H and O–H groups in total. The lowest BCUT2D eigenvalue weighted by Gasteiger charge is -2.16. The quantitative estimate of drug-likeness (QED) is 0.552. The lowest BCUT2D eigenvalue weighted by molar-refractivity contribution is 0.444. The van der Waals surface area contributed by atoms with Gasteiger partial charge in [0.15, 0.2) is 0 Å². The summed E-state index contributed by atoms with van der Waals surface area (Å²) in [7, 11) is 0. The molecule has 3 aromatic rings. The summed E-state index contributed by atoms with van der Waals surface area (Å²) in [5.41, 5.74) is 5.42. The Kier molecular flexibility index (Phi) is 5.63. The fraction of sp³-hybridized carbons (Fsp3) is 0.304. The van der Waals surface area contributed by atoms with Crippen molar-refractivity contribution in [2.75, 3.05) is 0 Å². The molecule has 0 amide bonds. The fourth-order valence-corrected chi connectivity index (χ4v) is 3.55. The number of hydrogen-bond donors (Lipinski definition) is 2. The number of H-pyrrole nitrogens is 2. The molecule has 0 bridgehead atoms. The monoisotopic (exact) mass is 358 g/mol. The summed E-state index contributed by atoms with van der Waals surface area (Å²) in [6.07, 6.45) is 11.2. The molecule has 4 rings (SSSR count). The van der Waals surface area contributed by atoms with Crippen LogP contribution in [0.4, 0.5) is 5.69 Å². The largest absolute Gasteiger partial charge is 0.357 e. The van der Waals surface area contributed by atoms with E-state index in [0.717, 1.165) is 23.5 Å². The predicted molar refractivity (Wildman–Crippen MR) is 113 cm³/mol. The van der Waals surface area contributed by atoms with Crippen molar-refractivity contribution in [1.29, 1.82) is 0 Å². The van der Waals surface area contributed by atoms with E-state index in [-0.39, 0.29) is 0 Å². The third kappa shape index (κ3) is 5.07. The lowest BCUT2D eigenvalue weighted by Crippen LogP contribution is -2.09. The summed E-state index contributed by atoms with van der Waals surface area (Å²) in [5.74, 6) is 0. The molecule has 2 heterocycles. The van der Waals surface area contributed by atoms with Gasteiger partial charge in [-0.2, -0.15) is 0 Å². The molecule has 2 aromatic heterocycles. The lowest BCUT2D eigenvalue weighted by atomic mass is 9.96. The number of aromatic amines is 2. The fourth-order valence-electron chi connectivity index (χ4n) is 3.55. The van der Waals surface area contributed by atoms with E-state index in [4.69, 9.17) is 4.99 Å². The maximum absolute atomic E-state index is 4.75. The molecule has 1 fully saturated rings. The van der Waals surface area contributed by atoms with Crippen LogP contribution in [0, 0.1) is 0 Å². The average molecular weight is 358 g/mol. The third-order valence-electron chi connectivity index (χ3n) is 5.03. The van der Waals surface area contributed by atoms with Crippen LogP contribution in [-0.4, -0.2) is 28.4 Å². The van der Waals surface area contributed by atoms with Gasteiger partial charge in [-0.05, 0) is 49.2 Å². The van der Waals surface area contributed by atoms with E-state index in [9.17, 15) is 0 Å². The van der Waals surface area contributed by atoms with Crippen LogP contribution in [0.2, 0.25) is 0 Å². The Morgan fingerprint density at radius 1 is 0.778 bits per heavy atom. The molecule has 27 heavy (non-hydrogen) atoms. The second kappa shape index (κ2) is 8.67. The van der Waals surface area contributed by atoms with Crippen LogP contribution in [0.3, 0.4) is 0 Å². The van der Waals surface area contributed by atoms with Gasteiger partial charge in [0.2, 0.25) is 0 Å². The standard InChI is InChI=1S/C23H26N4/c1-3-7-18(8-4-1)24-16-22-13-11-20(26-22)15-21-12-14-23(27-21)17-25-19-9-5-2-6-10-19/h1,3-4,7-8,11-14,16-17,19,26-27H,2,5-6,9-10,15H2. The molecule has 1 aliphatic carbocycles. The van der Waals surface area contributed by atoms with E-state index in [1.165, 1.54) is 43.5 Å². The van der Waals surface area contributed by atoms with E-state index in [0.29, 0.717) is 6.04 Å².